The maximum Gasteiger partial charge on any atom is 0.264 e. The van der Waals surface area contributed by atoms with E-state index < -0.39 is 0 Å². The molecule has 0 N–H and O–H groups in total. The first kappa shape index (κ1) is 30.7. The van der Waals surface area contributed by atoms with Crippen LogP contribution in [0.15, 0.2) is 194 Å². The molecule has 0 aliphatic rings. The van der Waals surface area contributed by atoms with E-state index >= 15 is 4.79 Å². The van der Waals surface area contributed by atoms with Gasteiger partial charge in [-0.1, -0.05) is 182 Å². The molecule has 3 heteroatoms. The summed E-state index contributed by atoms with van der Waals surface area (Å²) < 4.78 is 1.90. The SMILES string of the molecule is O=C(c1ccccc1)n1c(-c2c(-c3ccccc3)c(-c3ccccc3)c3ccccc3c2-c2ccccc2)nc2c3ccccc3c3ccccc3c21. The second kappa shape index (κ2) is 12.6. The summed E-state index contributed by atoms with van der Waals surface area (Å²) in [6.07, 6.45) is 0. The second-order valence-corrected chi connectivity index (χ2v) is 13.4. The van der Waals surface area contributed by atoms with Crippen LogP contribution in [-0.4, -0.2) is 15.5 Å². The molecule has 0 amide bonds. The van der Waals surface area contributed by atoms with E-state index in [2.05, 4.69) is 158 Å². The van der Waals surface area contributed by atoms with E-state index in [1.165, 1.54) is 0 Å². The minimum Gasteiger partial charge on any atom is -0.268 e. The zero-order valence-corrected chi connectivity index (χ0v) is 28.8. The van der Waals surface area contributed by atoms with Gasteiger partial charge in [0.25, 0.3) is 5.91 Å². The van der Waals surface area contributed by atoms with Gasteiger partial charge < -0.3 is 0 Å². The van der Waals surface area contributed by atoms with Crippen molar-refractivity contribution >= 4 is 49.3 Å². The van der Waals surface area contributed by atoms with Crippen molar-refractivity contribution in [3.8, 4) is 44.8 Å². The minimum atomic E-state index is -0.129. The van der Waals surface area contributed by atoms with Gasteiger partial charge in [-0.15, -0.1) is 0 Å². The number of rotatable bonds is 5. The van der Waals surface area contributed by atoms with Gasteiger partial charge >= 0.3 is 0 Å². The van der Waals surface area contributed by atoms with E-state index in [9.17, 15) is 0 Å². The van der Waals surface area contributed by atoms with Crippen LogP contribution in [0.25, 0.3) is 88.1 Å². The first-order valence-electron chi connectivity index (χ1n) is 17.9. The first-order valence-corrected chi connectivity index (χ1v) is 17.9. The van der Waals surface area contributed by atoms with E-state index in [0.717, 1.165) is 82.3 Å². The maximum absolute atomic E-state index is 15.3. The quantitative estimate of drug-likeness (QED) is 0.170. The number of hydrogen-bond donors (Lipinski definition) is 0. The second-order valence-electron chi connectivity index (χ2n) is 13.4. The summed E-state index contributed by atoms with van der Waals surface area (Å²) >= 11 is 0. The smallest absolute Gasteiger partial charge is 0.264 e. The highest BCUT2D eigenvalue weighted by atomic mass is 16.2. The Kier molecular flexibility index (Phi) is 7.29. The largest absolute Gasteiger partial charge is 0.268 e. The average Bonchev–Trinajstić information content (AvgIpc) is 3.65. The lowest BCUT2D eigenvalue weighted by Crippen LogP contribution is -2.14. The Morgan fingerprint density at radius 2 is 0.736 bits per heavy atom. The van der Waals surface area contributed by atoms with Crippen LogP contribution in [0.1, 0.15) is 10.4 Å². The van der Waals surface area contributed by atoms with Crippen molar-refractivity contribution in [2.75, 3.05) is 0 Å². The molecule has 10 rings (SSSR count). The van der Waals surface area contributed by atoms with Gasteiger partial charge in [0.2, 0.25) is 0 Å². The highest BCUT2D eigenvalue weighted by molar-refractivity contribution is 6.27. The number of carbonyl (C=O) groups is 1. The molecule has 0 radical (unpaired) electrons. The van der Waals surface area contributed by atoms with Crippen LogP contribution < -0.4 is 0 Å². The van der Waals surface area contributed by atoms with Gasteiger partial charge in [-0.2, -0.15) is 0 Å². The zero-order valence-electron chi connectivity index (χ0n) is 28.8. The van der Waals surface area contributed by atoms with Gasteiger partial charge in [0.1, 0.15) is 5.82 Å². The molecule has 0 fully saturated rings. The lowest BCUT2D eigenvalue weighted by Gasteiger charge is -2.24. The summed E-state index contributed by atoms with van der Waals surface area (Å²) in [5, 5.41) is 6.40. The summed E-state index contributed by atoms with van der Waals surface area (Å²) in [4.78, 5) is 21.0. The molecular formula is C50H32N2O. The lowest BCUT2D eigenvalue weighted by atomic mass is 9.80. The van der Waals surface area contributed by atoms with Crippen molar-refractivity contribution in [2.24, 2.45) is 0 Å². The number of hydrogen-bond acceptors (Lipinski definition) is 2. The fourth-order valence-corrected chi connectivity index (χ4v) is 8.15. The number of carbonyl (C=O) groups excluding carboxylic acids is 1. The van der Waals surface area contributed by atoms with E-state index in [1.807, 2.05) is 41.0 Å². The topological polar surface area (TPSA) is 34.9 Å². The standard InChI is InChI=1S/C50H32N2O/c53-50(36-25-11-4-12-26-36)52-48-42-32-18-14-28-38(42)37-27-13-17-31-41(37)47(48)51-49(52)46-44(34-21-7-2-8-22-34)40-30-16-15-29-39(40)43(33-19-5-1-6-20-33)45(46)35-23-9-3-10-24-35/h1-32H. The molecule has 9 aromatic carbocycles. The van der Waals surface area contributed by atoms with Crippen LogP contribution in [0.4, 0.5) is 0 Å². The molecule has 1 heterocycles. The van der Waals surface area contributed by atoms with Crippen molar-refractivity contribution < 1.29 is 4.79 Å². The first-order chi connectivity index (χ1) is 26.3. The molecule has 3 nitrogen and oxygen atoms in total. The number of fused-ring (bicyclic) bond motifs is 7. The van der Waals surface area contributed by atoms with E-state index in [0.29, 0.717) is 11.4 Å². The van der Waals surface area contributed by atoms with E-state index in [1.54, 1.807) is 0 Å². The summed E-state index contributed by atoms with van der Waals surface area (Å²) in [6.45, 7) is 0. The van der Waals surface area contributed by atoms with Crippen LogP contribution in [-0.2, 0) is 0 Å². The van der Waals surface area contributed by atoms with Gasteiger partial charge in [0, 0.05) is 33.0 Å². The van der Waals surface area contributed by atoms with Crippen molar-refractivity contribution in [3.63, 3.8) is 0 Å². The Morgan fingerprint density at radius 1 is 0.358 bits per heavy atom. The molecule has 0 atom stereocenters. The Hall–Kier alpha value is -7.10. The molecule has 0 saturated carbocycles. The van der Waals surface area contributed by atoms with Gasteiger partial charge in [-0.3, -0.25) is 9.36 Å². The Labute approximate surface area is 307 Å². The lowest BCUT2D eigenvalue weighted by molar-refractivity contribution is 0.0966. The number of benzene rings is 9. The molecule has 10 aromatic rings. The van der Waals surface area contributed by atoms with Crippen LogP contribution in [0, 0.1) is 0 Å². The Morgan fingerprint density at radius 3 is 1.26 bits per heavy atom. The third-order valence-electron chi connectivity index (χ3n) is 10.4. The van der Waals surface area contributed by atoms with E-state index in [-0.39, 0.29) is 5.91 Å². The van der Waals surface area contributed by atoms with Gasteiger partial charge in [0.15, 0.2) is 0 Å². The molecule has 0 aliphatic carbocycles. The monoisotopic (exact) mass is 676 g/mol. The molecule has 0 saturated heterocycles. The molecule has 1 aromatic heterocycles. The normalized spacial score (nSPS) is 11.5. The molecule has 248 valence electrons. The van der Waals surface area contributed by atoms with E-state index in [4.69, 9.17) is 4.98 Å². The van der Waals surface area contributed by atoms with Gasteiger partial charge in [-0.05, 0) is 55.9 Å². The fourth-order valence-electron chi connectivity index (χ4n) is 8.15. The Bertz CT molecular complexity index is 2990. The third kappa shape index (κ3) is 4.90. The molecule has 0 aliphatic heterocycles. The van der Waals surface area contributed by atoms with Crippen LogP contribution in [0.2, 0.25) is 0 Å². The summed E-state index contributed by atoms with van der Waals surface area (Å²) in [5.41, 5.74) is 9.46. The molecule has 0 spiro atoms. The Balaban J connectivity index is 1.51. The third-order valence-corrected chi connectivity index (χ3v) is 10.4. The fraction of sp³-hybridized carbons (Fsp3) is 0. The number of imidazole rings is 1. The van der Waals surface area contributed by atoms with Crippen molar-refractivity contribution in [1.82, 2.24) is 9.55 Å². The van der Waals surface area contributed by atoms with Crippen LogP contribution in [0.5, 0.6) is 0 Å². The summed E-state index contributed by atoms with van der Waals surface area (Å²) in [6, 6.07) is 66.8. The number of aromatic nitrogens is 2. The minimum absolute atomic E-state index is 0.129. The number of nitrogens with zero attached hydrogens (tertiary/aromatic N) is 2. The highest BCUT2D eigenvalue weighted by Crippen LogP contribution is 2.51. The van der Waals surface area contributed by atoms with Gasteiger partial charge in [0.05, 0.1) is 11.0 Å². The van der Waals surface area contributed by atoms with Crippen molar-refractivity contribution in [1.29, 1.82) is 0 Å². The zero-order chi connectivity index (χ0) is 35.3. The maximum atomic E-state index is 15.3. The predicted molar refractivity (Wildman–Crippen MR) is 220 cm³/mol. The summed E-state index contributed by atoms with van der Waals surface area (Å²) in [5.74, 6) is 0.479. The summed E-state index contributed by atoms with van der Waals surface area (Å²) in [7, 11) is 0. The average molecular weight is 677 g/mol. The van der Waals surface area contributed by atoms with Crippen molar-refractivity contribution in [3.05, 3.63) is 200 Å². The predicted octanol–water partition coefficient (Wildman–Crippen LogP) is 12.9. The molecule has 0 unspecified atom stereocenters. The molecule has 53 heavy (non-hydrogen) atoms. The van der Waals surface area contributed by atoms with Crippen LogP contribution in [0.3, 0.4) is 0 Å². The van der Waals surface area contributed by atoms with Crippen molar-refractivity contribution in [2.45, 2.75) is 0 Å². The molecule has 0 bridgehead atoms. The molecular weight excluding hydrogens is 645 g/mol. The van der Waals surface area contributed by atoms with Gasteiger partial charge in [-0.25, -0.2) is 4.98 Å². The van der Waals surface area contributed by atoms with Crippen LogP contribution >= 0.6 is 0 Å². The highest BCUT2D eigenvalue weighted by Gasteiger charge is 2.30.